The van der Waals surface area contributed by atoms with Crippen molar-refractivity contribution >= 4 is 0 Å². The Labute approximate surface area is 118 Å². The van der Waals surface area contributed by atoms with E-state index in [1.807, 2.05) is 31.2 Å². The van der Waals surface area contributed by atoms with E-state index in [-0.39, 0.29) is 18.3 Å². The van der Waals surface area contributed by atoms with Gasteiger partial charge >= 0.3 is 0 Å². The van der Waals surface area contributed by atoms with Gasteiger partial charge in [-0.15, -0.1) is 0 Å². The Balaban J connectivity index is 2.07. The zero-order valence-electron chi connectivity index (χ0n) is 11.6. The summed E-state index contributed by atoms with van der Waals surface area (Å²) in [5.74, 6) is 0.568. The summed E-state index contributed by atoms with van der Waals surface area (Å²) < 4.78 is 18.3. The molecular weight excluding hydrogens is 255 g/mol. The van der Waals surface area contributed by atoms with Crippen LogP contribution in [0.5, 0.6) is 5.75 Å². The third kappa shape index (κ3) is 3.81. The molecule has 0 heterocycles. The highest BCUT2D eigenvalue weighted by atomic mass is 19.1. The molecule has 0 amide bonds. The molecule has 0 aromatic heterocycles. The summed E-state index contributed by atoms with van der Waals surface area (Å²) in [5, 5.41) is 9.53. The number of aliphatic hydroxyl groups is 1. The highest BCUT2D eigenvalue weighted by Crippen LogP contribution is 2.22. The van der Waals surface area contributed by atoms with Crippen molar-refractivity contribution in [1.29, 1.82) is 0 Å². The zero-order chi connectivity index (χ0) is 14.4. The Kier molecular flexibility index (Phi) is 5.13. The van der Waals surface area contributed by atoms with Gasteiger partial charge in [-0.25, -0.2) is 4.39 Å². The van der Waals surface area contributed by atoms with Crippen molar-refractivity contribution < 1.29 is 14.2 Å². The molecular formula is C17H19FO2. The van der Waals surface area contributed by atoms with Crippen LogP contribution in [0.4, 0.5) is 4.39 Å². The minimum absolute atomic E-state index is 0.0199. The molecule has 1 unspecified atom stereocenters. The van der Waals surface area contributed by atoms with Crippen molar-refractivity contribution in [2.24, 2.45) is 0 Å². The van der Waals surface area contributed by atoms with Gasteiger partial charge < -0.3 is 9.84 Å². The monoisotopic (exact) mass is 274 g/mol. The van der Waals surface area contributed by atoms with Gasteiger partial charge in [0.15, 0.2) is 0 Å². The van der Waals surface area contributed by atoms with E-state index >= 15 is 0 Å². The lowest BCUT2D eigenvalue weighted by molar-refractivity contribution is 0.264. The molecule has 1 N–H and O–H groups in total. The molecule has 0 saturated heterocycles. The molecule has 0 aliphatic rings. The number of ether oxygens (including phenoxy) is 1. The summed E-state index contributed by atoms with van der Waals surface area (Å²) in [4.78, 5) is 0. The van der Waals surface area contributed by atoms with E-state index in [9.17, 15) is 9.50 Å². The van der Waals surface area contributed by atoms with Crippen LogP contribution in [0.15, 0.2) is 48.5 Å². The van der Waals surface area contributed by atoms with Gasteiger partial charge in [-0.05, 0) is 48.7 Å². The first-order valence-electron chi connectivity index (χ1n) is 6.81. The molecule has 2 nitrogen and oxygen atoms in total. The average molecular weight is 274 g/mol. The molecule has 0 bridgehead atoms. The molecule has 0 aliphatic heterocycles. The SMILES string of the molecule is CCOc1ccc(CC(CO)c2ccc(F)cc2)cc1. The van der Waals surface area contributed by atoms with Crippen molar-refractivity contribution in [3.8, 4) is 5.75 Å². The lowest BCUT2D eigenvalue weighted by Gasteiger charge is -2.15. The van der Waals surface area contributed by atoms with Crippen LogP contribution in [0.2, 0.25) is 0 Å². The summed E-state index contributed by atoms with van der Waals surface area (Å²) in [6.45, 7) is 2.64. The zero-order valence-corrected chi connectivity index (χ0v) is 11.6. The molecule has 106 valence electrons. The van der Waals surface area contributed by atoms with Gasteiger partial charge in [0.05, 0.1) is 13.2 Å². The largest absolute Gasteiger partial charge is 0.494 e. The standard InChI is InChI=1S/C17H19FO2/c1-2-20-17-9-3-13(4-10-17)11-15(12-19)14-5-7-16(18)8-6-14/h3-10,15,19H,2,11-12H2,1H3. The minimum Gasteiger partial charge on any atom is -0.494 e. The van der Waals surface area contributed by atoms with E-state index in [0.29, 0.717) is 13.0 Å². The lowest BCUT2D eigenvalue weighted by atomic mass is 9.93. The number of hydrogen-bond acceptors (Lipinski definition) is 2. The Morgan fingerprint density at radius 2 is 1.70 bits per heavy atom. The molecule has 0 spiro atoms. The predicted molar refractivity (Wildman–Crippen MR) is 77.5 cm³/mol. The average Bonchev–Trinajstić information content (AvgIpc) is 2.48. The van der Waals surface area contributed by atoms with E-state index in [2.05, 4.69) is 0 Å². The van der Waals surface area contributed by atoms with E-state index < -0.39 is 0 Å². The normalized spacial score (nSPS) is 12.2. The van der Waals surface area contributed by atoms with Crippen LogP contribution in [-0.4, -0.2) is 18.3 Å². The molecule has 2 aromatic rings. The van der Waals surface area contributed by atoms with Crippen LogP contribution in [0, 0.1) is 5.82 Å². The van der Waals surface area contributed by atoms with Crippen LogP contribution in [-0.2, 0) is 6.42 Å². The first kappa shape index (κ1) is 14.5. The number of aliphatic hydroxyl groups excluding tert-OH is 1. The van der Waals surface area contributed by atoms with Gasteiger partial charge in [0.2, 0.25) is 0 Å². The van der Waals surface area contributed by atoms with Gasteiger partial charge in [-0.3, -0.25) is 0 Å². The van der Waals surface area contributed by atoms with Crippen molar-refractivity contribution in [2.75, 3.05) is 13.2 Å². The molecule has 1 atom stereocenters. The second-order valence-electron chi connectivity index (χ2n) is 4.71. The van der Waals surface area contributed by atoms with E-state index in [1.165, 1.54) is 12.1 Å². The maximum absolute atomic E-state index is 12.9. The Hall–Kier alpha value is -1.87. The first-order valence-corrected chi connectivity index (χ1v) is 6.81. The van der Waals surface area contributed by atoms with Crippen LogP contribution in [0.1, 0.15) is 24.0 Å². The van der Waals surface area contributed by atoms with Crippen LogP contribution < -0.4 is 4.74 Å². The van der Waals surface area contributed by atoms with Crippen molar-refractivity contribution in [2.45, 2.75) is 19.3 Å². The fraction of sp³-hybridized carbons (Fsp3) is 0.294. The van der Waals surface area contributed by atoms with Gasteiger partial charge in [0.25, 0.3) is 0 Å². The fourth-order valence-corrected chi connectivity index (χ4v) is 2.20. The van der Waals surface area contributed by atoms with Gasteiger partial charge in [0.1, 0.15) is 11.6 Å². The smallest absolute Gasteiger partial charge is 0.123 e. The Bertz CT molecular complexity index is 520. The van der Waals surface area contributed by atoms with E-state index in [4.69, 9.17) is 4.74 Å². The highest BCUT2D eigenvalue weighted by Gasteiger charge is 2.11. The molecule has 20 heavy (non-hydrogen) atoms. The van der Waals surface area contributed by atoms with E-state index in [1.54, 1.807) is 12.1 Å². The molecule has 0 aliphatic carbocycles. The highest BCUT2D eigenvalue weighted by molar-refractivity contribution is 5.30. The summed E-state index contributed by atoms with van der Waals surface area (Å²) in [6, 6.07) is 14.2. The summed E-state index contributed by atoms with van der Waals surface area (Å²) in [5.41, 5.74) is 2.07. The van der Waals surface area contributed by atoms with Gasteiger partial charge in [-0.1, -0.05) is 24.3 Å². The molecule has 2 aromatic carbocycles. The third-order valence-corrected chi connectivity index (χ3v) is 3.28. The lowest BCUT2D eigenvalue weighted by Crippen LogP contribution is -2.07. The third-order valence-electron chi connectivity index (χ3n) is 3.28. The summed E-state index contributed by atoms with van der Waals surface area (Å²) in [6.07, 6.45) is 0.717. The van der Waals surface area contributed by atoms with Gasteiger partial charge in [-0.2, -0.15) is 0 Å². The maximum Gasteiger partial charge on any atom is 0.123 e. The Morgan fingerprint density at radius 1 is 1.05 bits per heavy atom. The van der Waals surface area contributed by atoms with Gasteiger partial charge in [0, 0.05) is 5.92 Å². The summed E-state index contributed by atoms with van der Waals surface area (Å²) in [7, 11) is 0. The number of rotatable bonds is 6. The quantitative estimate of drug-likeness (QED) is 0.873. The number of hydrogen-bond donors (Lipinski definition) is 1. The van der Waals surface area contributed by atoms with Crippen LogP contribution in [0.25, 0.3) is 0 Å². The fourth-order valence-electron chi connectivity index (χ4n) is 2.20. The van der Waals surface area contributed by atoms with Crippen molar-refractivity contribution in [1.82, 2.24) is 0 Å². The molecule has 0 radical (unpaired) electrons. The topological polar surface area (TPSA) is 29.5 Å². The molecule has 3 heteroatoms. The number of halogens is 1. The minimum atomic E-state index is -0.258. The second-order valence-corrected chi connectivity index (χ2v) is 4.71. The summed E-state index contributed by atoms with van der Waals surface area (Å²) >= 11 is 0. The molecule has 0 fully saturated rings. The van der Waals surface area contributed by atoms with Crippen molar-refractivity contribution in [3.05, 3.63) is 65.5 Å². The maximum atomic E-state index is 12.9. The Morgan fingerprint density at radius 3 is 2.25 bits per heavy atom. The predicted octanol–water partition coefficient (Wildman–Crippen LogP) is 3.54. The second kappa shape index (κ2) is 7.06. The first-order chi connectivity index (χ1) is 9.72. The molecule has 2 rings (SSSR count). The number of benzene rings is 2. The van der Waals surface area contributed by atoms with Crippen LogP contribution in [0.3, 0.4) is 0 Å². The molecule has 0 saturated carbocycles. The van der Waals surface area contributed by atoms with Crippen molar-refractivity contribution in [3.63, 3.8) is 0 Å². The van der Waals surface area contributed by atoms with Crippen LogP contribution >= 0.6 is 0 Å². The van der Waals surface area contributed by atoms with E-state index in [0.717, 1.165) is 16.9 Å².